The fourth-order valence-corrected chi connectivity index (χ4v) is 3.21. The maximum absolute atomic E-state index is 13.1. The van der Waals surface area contributed by atoms with Gasteiger partial charge in [-0.3, -0.25) is 14.2 Å². The molecule has 1 fully saturated rings. The van der Waals surface area contributed by atoms with E-state index in [1.54, 1.807) is 13.8 Å². The van der Waals surface area contributed by atoms with Gasteiger partial charge < -0.3 is 15.2 Å². The van der Waals surface area contributed by atoms with E-state index in [2.05, 4.69) is 10.4 Å². The molecule has 9 nitrogen and oxygen atoms in total. The number of hydrogen-bond acceptors (Lipinski definition) is 6. The van der Waals surface area contributed by atoms with E-state index in [9.17, 15) is 19.5 Å². The average molecular weight is 416 g/mol. The summed E-state index contributed by atoms with van der Waals surface area (Å²) < 4.78 is 7.55. The lowest BCUT2D eigenvalue weighted by Gasteiger charge is -2.23. The van der Waals surface area contributed by atoms with Gasteiger partial charge in [-0.05, 0) is 38.2 Å². The third-order valence-corrected chi connectivity index (χ3v) is 4.67. The van der Waals surface area contributed by atoms with Gasteiger partial charge in [-0.2, -0.15) is 9.61 Å². The summed E-state index contributed by atoms with van der Waals surface area (Å²) in [5, 5.41) is 18.0. The van der Waals surface area contributed by atoms with Crippen molar-refractivity contribution in [1.29, 1.82) is 0 Å². The second-order valence-electron chi connectivity index (χ2n) is 8.72. The highest BCUT2D eigenvalue weighted by Crippen LogP contribution is 2.28. The molecule has 0 radical (unpaired) electrons. The predicted molar refractivity (Wildman–Crippen MR) is 111 cm³/mol. The Morgan fingerprint density at radius 2 is 2.00 bits per heavy atom. The molecule has 3 rings (SSSR count). The summed E-state index contributed by atoms with van der Waals surface area (Å²) in [6, 6.07) is 0.0329. The van der Waals surface area contributed by atoms with Crippen LogP contribution in [0.3, 0.4) is 0 Å². The number of rotatable bonds is 6. The van der Waals surface area contributed by atoms with E-state index in [0.29, 0.717) is 23.4 Å². The van der Waals surface area contributed by atoms with Crippen molar-refractivity contribution in [1.82, 2.24) is 19.5 Å². The number of ether oxygens (including phenoxy) is 1. The molecule has 0 bridgehead atoms. The van der Waals surface area contributed by atoms with Gasteiger partial charge in [-0.15, -0.1) is 0 Å². The molecule has 1 saturated carbocycles. The van der Waals surface area contributed by atoms with Crippen LogP contribution in [0.25, 0.3) is 11.7 Å². The minimum absolute atomic E-state index is 0.0329. The Labute approximate surface area is 174 Å². The zero-order chi connectivity index (χ0) is 22.2. The molecule has 2 aromatic heterocycles. The second kappa shape index (κ2) is 7.97. The number of aromatic nitrogens is 3. The van der Waals surface area contributed by atoms with E-state index in [-0.39, 0.29) is 23.6 Å². The van der Waals surface area contributed by atoms with Crippen LogP contribution >= 0.6 is 0 Å². The number of nitrogens with one attached hydrogen (secondary N) is 1. The third-order valence-electron chi connectivity index (χ3n) is 4.67. The number of hydrogen-bond donors (Lipinski definition) is 2. The minimum Gasteiger partial charge on any atom is -0.494 e. The monoisotopic (exact) mass is 416 g/mol. The fourth-order valence-electron chi connectivity index (χ4n) is 3.21. The first kappa shape index (κ1) is 21.6. The quantitative estimate of drug-likeness (QED) is 0.550. The van der Waals surface area contributed by atoms with Crippen molar-refractivity contribution < 1.29 is 19.4 Å². The minimum atomic E-state index is -0.704. The summed E-state index contributed by atoms with van der Waals surface area (Å²) in [6.07, 6.45) is 4.48. The Kier molecular flexibility index (Phi) is 5.74. The van der Waals surface area contributed by atoms with Crippen LogP contribution in [0.1, 0.15) is 62.2 Å². The first-order valence-electron chi connectivity index (χ1n) is 10.0. The number of aryl methyl sites for hydroxylation is 1. The Hall–Kier alpha value is -3.10. The first-order chi connectivity index (χ1) is 14.0. The molecule has 0 unspecified atom stereocenters. The summed E-state index contributed by atoms with van der Waals surface area (Å²) in [5.41, 5.74) is -0.0269. The van der Waals surface area contributed by atoms with Crippen LogP contribution in [0.5, 0.6) is 5.88 Å². The molecule has 0 saturated heterocycles. The number of nitrogens with zero attached hydrogens (tertiary/aromatic N) is 3. The molecule has 0 spiro atoms. The fraction of sp³-hybridized carbons (Fsp3) is 0.524. The van der Waals surface area contributed by atoms with Crippen molar-refractivity contribution in [2.45, 2.75) is 60.0 Å². The standard InChI is InChI=1S/C21H28N4O5/c1-6-30-15(26)10-9-14-12(2)23-25-18(14)24(11-21(3,4)5)19(28)16(20(25)29)17(27)22-13-7-8-13/h9-10,13,28H,6-8,11H2,1-5H3,(H,22,27)/b10-9+. The van der Waals surface area contributed by atoms with Crippen LogP contribution < -0.4 is 10.9 Å². The largest absolute Gasteiger partial charge is 0.494 e. The molecule has 1 amide bonds. The van der Waals surface area contributed by atoms with Gasteiger partial charge in [0, 0.05) is 24.2 Å². The molecule has 0 atom stereocenters. The van der Waals surface area contributed by atoms with Crippen molar-refractivity contribution in [2.24, 2.45) is 5.41 Å². The van der Waals surface area contributed by atoms with Gasteiger partial charge in [-0.25, -0.2) is 4.79 Å². The smallest absolute Gasteiger partial charge is 0.330 e. The second-order valence-corrected chi connectivity index (χ2v) is 8.72. The molecule has 0 aromatic carbocycles. The molecule has 1 aliphatic rings. The molecule has 162 valence electrons. The van der Waals surface area contributed by atoms with Gasteiger partial charge in [0.25, 0.3) is 11.5 Å². The number of fused-ring (bicyclic) bond motifs is 1. The van der Waals surface area contributed by atoms with E-state index < -0.39 is 23.3 Å². The van der Waals surface area contributed by atoms with Gasteiger partial charge in [0.2, 0.25) is 5.88 Å². The van der Waals surface area contributed by atoms with Crippen LogP contribution in [0.2, 0.25) is 0 Å². The Balaban J connectivity index is 2.25. The topological polar surface area (TPSA) is 115 Å². The maximum Gasteiger partial charge on any atom is 0.330 e. The van der Waals surface area contributed by atoms with Crippen LogP contribution in [0, 0.1) is 12.3 Å². The SMILES string of the molecule is CCOC(=O)/C=C/c1c(C)nn2c(=O)c(C(=O)NC3CC3)c(O)n(CC(C)(C)C)c12. The molecule has 9 heteroatoms. The zero-order valence-electron chi connectivity index (χ0n) is 18.0. The van der Waals surface area contributed by atoms with Gasteiger partial charge in [0.05, 0.1) is 12.3 Å². The molecule has 2 heterocycles. The van der Waals surface area contributed by atoms with Crippen LogP contribution in [0.4, 0.5) is 0 Å². The van der Waals surface area contributed by atoms with Crippen molar-refractivity contribution in [3.63, 3.8) is 0 Å². The van der Waals surface area contributed by atoms with E-state index in [1.807, 2.05) is 20.8 Å². The molecular formula is C21H28N4O5. The highest BCUT2D eigenvalue weighted by molar-refractivity contribution is 5.97. The first-order valence-corrected chi connectivity index (χ1v) is 10.0. The van der Waals surface area contributed by atoms with Gasteiger partial charge in [0.15, 0.2) is 5.56 Å². The lowest BCUT2D eigenvalue weighted by atomic mass is 9.96. The summed E-state index contributed by atoms with van der Waals surface area (Å²) >= 11 is 0. The number of esters is 1. The summed E-state index contributed by atoms with van der Waals surface area (Å²) in [4.78, 5) is 37.5. The molecular weight excluding hydrogens is 388 g/mol. The van der Waals surface area contributed by atoms with Gasteiger partial charge in [-0.1, -0.05) is 20.8 Å². The number of carbonyl (C=O) groups is 2. The lowest BCUT2D eigenvalue weighted by molar-refractivity contribution is -0.137. The van der Waals surface area contributed by atoms with E-state index in [1.165, 1.54) is 16.7 Å². The van der Waals surface area contributed by atoms with Crippen molar-refractivity contribution in [3.05, 3.63) is 33.3 Å². The Morgan fingerprint density at radius 1 is 1.33 bits per heavy atom. The number of amides is 1. The highest BCUT2D eigenvalue weighted by Gasteiger charge is 2.31. The predicted octanol–water partition coefficient (Wildman–Crippen LogP) is 2.02. The van der Waals surface area contributed by atoms with Gasteiger partial charge in [0.1, 0.15) is 5.65 Å². The molecule has 2 N–H and O–H groups in total. The number of carbonyl (C=O) groups excluding carboxylic acids is 2. The van der Waals surface area contributed by atoms with E-state index in [4.69, 9.17) is 4.74 Å². The zero-order valence-corrected chi connectivity index (χ0v) is 18.0. The van der Waals surface area contributed by atoms with E-state index >= 15 is 0 Å². The van der Waals surface area contributed by atoms with Crippen molar-refractivity contribution in [2.75, 3.05) is 6.61 Å². The number of aromatic hydroxyl groups is 1. The molecule has 2 aromatic rings. The van der Waals surface area contributed by atoms with Crippen LogP contribution in [-0.4, -0.2) is 43.8 Å². The Bertz CT molecular complexity index is 1080. The van der Waals surface area contributed by atoms with Crippen LogP contribution in [-0.2, 0) is 16.1 Å². The van der Waals surface area contributed by atoms with Gasteiger partial charge >= 0.3 is 5.97 Å². The summed E-state index contributed by atoms with van der Waals surface area (Å²) in [7, 11) is 0. The van der Waals surface area contributed by atoms with E-state index in [0.717, 1.165) is 17.4 Å². The van der Waals surface area contributed by atoms with Crippen LogP contribution in [0.15, 0.2) is 10.9 Å². The Morgan fingerprint density at radius 3 is 2.57 bits per heavy atom. The van der Waals surface area contributed by atoms with Crippen molar-refractivity contribution >= 4 is 23.6 Å². The third kappa shape index (κ3) is 4.39. The highest BCUT2D eigenvalue weighted by atomic mass is 16.5. The molecule has 0 aliphatic heterocycles. The lowest BCUT2D eigenvalue weighted by Crippen LogP contribution is -2.35. The average Bonchev–Trinajstić information content (AvgIpc) is 3.37. The molecule has 30 heavy (non-hydrogen) atoms. The summed E-state index contributed by atoms with van der Waals surface area (Å²) in [5.74, 6) is -1.54. The molecule has 1 aliphatic carbocycles. The van der Waals surface area contributed by atoms with Crippen molar-refractivity contribution in [3.8, 4) is 5.88 Å². The summed E-state index contributed by atoms with van der Waals surface area (Å²) in [6.45, 7) is 9.88. The maximum atomic E-state index is 13.1. The normalized spacial score (nSPS) is 14.4.